The van der Waals surface area contributed by atoms with Crippen molar-refractivity contribution in [1.29, 1.82) is 0 Å². The van der Waals surface area contributed by atoms with Crippen molar-refractivity contribution in [1.82, 2.24) is 20.1 Å². The number of pyridine rings is 1. The molecule has 3 fully saturated rings. The van der Waals surface area contributed by atoms with Gasteiger partial charge in [0.25, 0.3) is 0 Å². The van der Waals surface area contributed by atoms with Gasteiger partial charge in [0, 0.05) is 24.9 Å². The van der Waals surface area contributed by atoms with Crippen LogP contribution in [-0.4, -0.2) is 94.9 Å². The number of fused-ring (bicyclic) bond motifs is 5. The molecule has 2 amide bonds. The summed E-state index contributed by atoms with van der Waals surface area (Å²) in [5.41, 5.74) is 0.972. The van der Waals surface area contributed by atoms with E-state index in [9.17, 15) is 19.5 Å². The molecule has 0 unspecified atom stereocenters. The number of para-hydroxylation sites is 1. The molecule has 3 aliphatic heterocycles. The number of likely N-dealkylation sites (tertiary alicyclic amines) is 1. The molecule has 0 spiro atoms. The summed E-state index contributed by atoms with van der Waals surface area (Å²) in [6, 6.07) is 5.85. The van der Waals surface area contributed by atoms with Gasteiger partial charge in [-0.2, -0.15) is 0 Å². The summed E-state index contributed by atoms with van der Waals surface area (Å²) in [4.78, 5) is 48.0. The third kappa shape index (κ3) is 7.19. The molecule has 1 aromatic carbocycles. The number of ether oxygens (including phenoxy) is 3. The minimum atomic E-state index is -1.11. The van der Waals surface area contributed by atoms with E-state index < -0.39 is 41.6 Å². The Hall–Kier alpha value is -3.60. The third-order valence-corrected chi connectivity index (χ3v) is 9.96. The molecule has 5 atom stereocenters. The first-order valence-electron chi connectivity index (χ1n) is 16.9. The second kappa shape index (κ2) is 13.3. The van der Waals surface area contributed by atoms with Crippen molar-refractivity contribution >= 4 is 28.9 Å². The molecule has 11 heteroatoms. The molecule has 11 nitrogen and oxygen atoms in total. The van der Waals surface area contributed by atoms with Gasteiger partial charge in [-0.25, -0.2) is 14.6 Å². The smallest absolute Gasteiger partial charge is 0.408 e. The molecular formula is C35H48N4O7. The Morgan fingerprint density at radius 3 is 2.54 bits per heavy atom. The van der Waals surface area contributed by atoms with Crippen molar-refractivity contribution < 1.29 is 33.7 Å². The normalized spacial score (nSPS) is 28.6. The molecule has 2 aromatic rings. The number of aliphatic carboxylic acids is 1. The number of aromatic nitrogens is 1. The average Bonchev–Trinajstić information content (AvgIpc) is 3.59. The number of carbonyl (C=O) groups excluding carboxylic acids is 2. The number of hydrogen-bond acceptors (Lipinski definition) is 8. The van der Waals surface area contributed by atoms with Crippen LogP contribution in [0.25, 0.3) is 10.9 Å². The summed E-state index contributed by atoms with van der Waals surface area (Å²) in [7, 11) is 2.13. The zero-order valence-electron chi connectivity index (χ0n) is 27.5. The Labute approximate surface area is 270 Å². The summed E-state index contributed by atoms with van der Waals surface area (Å²) in [5, 5.41) is 13.9. The molecular weight excluding hydrogens is 588 g/mol. The number of amides is 2. The Bertz CT molecular complexity index is 1450. The van der Waals surface area contributed by atoms with Crippen LogP contribution in [0.3, 0.4) is 0 Å². The van der Waals surface area contributed by atoms with Crippen molar-refractivity contribution in [3.63, 3.8) is 0 Å². The van der Waals surface area contributed by atoms with Crippen LogP contribution >= 0.6 is 0 Å². The van der Waals surface area contributed by atoms with E-state index in [0.717, 1.165) is 80.3 Å². The first-order valence-corrected chi connectivity index (χ1v) is 16.9. The molecule has 250 valence electrons. The van der Waals surface area contributed by atoms with Crippen LogP contribution < -0.4 is 14.8 Å². The van der Waals surface area contributed by atoms with Gasteiger partial charge in [0.2, 0.25) is 11.8 Å². The molecule has 2 N–H and O–H groups in total. The zero-order chi connectivity index (χ0) is 32.6. The fraction of sp³-hybridized carbons (Fsp3) is 0.657. The van der Waals surface area contributed by atoms with E-state index in [0.29, 0.717) is 18.2 Å². The summed E-state index contributed by atoms with van der Waals surface area (Å²) in [5.74, 6) is -0.0126. The molecule has 6 rings (SSSR count). The SMILES string of the molecule is CN1CCC(Oc2c3c(nc4ccccc24)O[C@@H]2C[C@@H](C(=O)O)N(C2)C(=O)[C@H](C(C)(C)C)NC(=O)O[C@@H]2C[C@H]2CCCCC3)CC1. The van der Waals surface area contributed by atoms with Crippen LogP contribution in [0.5, 0.6) is 11.6 Å². The highest BCUT2D eigenvalue weighted by molar-refractivity contribution is 5.91. The van der Waals surface area contributed by atoms with Gasteiger partial charge in [-0.05, 0) is 69.0 Å². The Balaban J connectivity index is 1.36. The highest BCUT2D eigenvalue weighted by Gasteiger charge is 2.47. The lowest BCUT2D eigenvalue weighted by atomic mass is 9.85. The summed E-state index contributed by atoms with van der Waals surface area (Å²) < 4.78 is 19.1. The van der Waals surface area contributed by atoms with Gasteiger partial charge in [-0.15, -0.1) is 0 Å². The number of carboxylic acids is 1. The summed E-state index contributed by atoms with van der Waals surface area (Å²) in [6.07, 6.45) is 6.03. The van der Waals surface area contributed by atoms with E-state index in [2.05, 4.69) is 17.3 Å². The molecule has 1 saturated carbocycles. The van der Waals surface area contributed by atoms with Gasteiger partial charge >= 0.3 is 12.1 Å². The largest absolute Gasteiger partial charge is 0.489 e. The maximum atomic E-state index is 14.0. The van der Waals surface area contributed by atoms with Gasteiger partial charge in [0.05, 0.1) is 17.6 Å². The number of carbonyl (C=O) groups is 3. The van der Waals surface area contributed by atoms with Crippen molar-refractivity contribution in [3.8, 4) is 11.6 Å². The summed E-state index contributed by atoms with van der Waals surface area (Å²) in [6.45, 7) is 7.53. The molecule has 4 heterocycles. The molecule has 2 bridgehead atoms. The molecule has 1 aliphatic carbocycles. The van der Waals surface area contributed by atoms with E-state index in [1.54, 1.807) is 0 Å². The Morgan fingerprint density at radius 2 is 1.80 bits per heavy atom. The lowest BCUT2D eigenvalue weighted by Crippen LogP contribution is -2.57. The number of nitrogens with zero attached hydrogens (tertiary/aromatic N) is 3. The number of nitrogens with one attached hydrogen (secondary N) is 1. The van der Waals surface area contributed by atoms with Crippen LogP contribution in [0.15, 0.2) is 24.3 Å². The topological polar surface area (TPSA) is 131 Å². The molecule has 2 saturated heterocycles. The monoisotopic (exact) mass is 636 g/mol. The standard InChI is InChI=1S/C35H48N4O7/c1-35(2,3)30-32(40)39-20-23(19-27(39)33(41)42)45-31-25(12-7-5-6-10-21-18-28(21)46-34(43)37-30)29(24-11-8-9-13-26(24)36-31)44-22-14-16-38(4)17-15-22/h8-9,11,13,21-23,27-28,30H,5-7,10,12,14-20H2,1-4H3,(H,37,43)(H,41,42)/t21-,23-,27+,28-,30-/m1/s1. The molecule has 4 aliphatic rings. The van der Waals surface area contributed by atoms with Crippen LogP contribution in [0.2, 0.25) is 0 Å². The number of benzene rings is 1. The van der Waals surface area contributed by atoms with Crippen LogP contribution in [0, 0.1) is 11.3 Å². The minimum absolute atomic E-state index is 0.0584. The molecule has 46 heavy (non-hydrogen) atoms. The fourth-order valence-electron chi connectivity index (χ4n) is 7.10. The highest BCUT2D eigenvalue weighted by atomic mass is 16.6. The van der Waals surface area contributed by atoms with Crippen molar-refractivity contribution in [3.05, 3.63) is 29.8 Å². The molecule has 0 radical (unpaired) electrons. The second-order valence-corrected chi connectivity index (χ2v) is 14.7. The van der Waals surface area contributed by atoms with E-state index in [-0.39, 0.29) is 25.2 Å². The lowest BCUT2D eigenvalue weighted by molar-refractivity contribution is -0.150. The van der Waals surface area contributed by atoms with Crippen LogP contribution in [0.4, 0.5) is 4.79 Å². The van der Waals surface area contributed by atoms with E-state index in [1.807, 2.05) is 45.0 Å². The third-order valence-electron chi connectivity index (χ3n) is 9.96. The number of hydrogen-bond donors (Lipinski definition) is 2. The zero-order valence-corrected chi connectivity index (χ0v) is 27.5. The average molecular weight is 637 g/mol. The van der Waals surface area contributed by atoms with Gasteiger partial charge in [0.15, 0.2) is 0 Å². The fourth-order valence-corrected chi connectivity index (χ4v) is 7.10. The first-order chi connectivity index (χ1) is 22.0. The predicted octanol–water partition coefficient (Wildman–Crippen LogP) is 4.79. The van der Waals surface area contributed by atoms with Gasteiger partial charge < -0.3 is 34.4 Å². The van der Waals surface area contributed by atoms with Gasteiger partial charge in [-0.3, -0.25) is 4.79 Å². The number of rotatable bonds is 3. The quantitative estimate of drug-likeness (QED) is 0.489. The predicted molar refractivity (Wildman–Crippen MR) is 172 cm³/mol. The number of alkyl carbamates (subject to hydrolysis) is 1. The second-order valence-electron chi connectivity index (χ2n) is 14.7. The van der Waals surface area contributed by atoms with Gasteiger partial charge in [0.1, 0.15) is 36.1 Å². The number of piperidine rings is 1. The van der Waals surface area contributed by atoms with E-state index in [1.165, 1.54) is 4.90 Å². The van der Waals surface area contributed by atoms with Crippen molar-refractivity contribution in [2.24, 2.45) is 11.3 Å². The van der Waals surface area contributed by atoms with Gasteiger partial charge in [-0.1, -0.05) is 45.7 Å². The van der Waals surface area contributed by atoms with Crippen molar-refractivity contribution in [2.75, 3.05) is 26.7 Å². The Kier molecular flexibility index (Phi) is 9.32. The number of carboxylic acid groups (broad SMARTS) is 1. The van der Waals surface area contributed by atoms with Crippen LogP contribution in [-0.2, 0) is 20.7 Å². The Morgan fingerprint density at radius 1 is 1.04 bits per heavy atom. The first kappa shape index (κ1) is 32.3. The summed E-state index contributed by atoms with van der Waals surface area (Å²) >= 11 is 0. The van der Waals surface area contributed by atoms with Crippen molar-refractivity contribution in [2.45, 2.75) is 109 Å². The van der Waals surface area contributed by atoms with Crippen LogP contribution in [0.1, 0.15) is 77.7 Å². The maximum absolute atomic E-state index is 14.0. The lowest BCUT2D eigenvalue weighted by Gasteiger charge is -2.34. The highest BCUT2D eigenvalue weighted by Crippen LogP contribution is 2.41. The molecule has 1 aromatic heterocycles. The van der Waals surface area contributed by atoms with E-state index in [4.69, 9.17) is 19.2 Å². The van der Waals surface area contributed by atoms with E-state index >= 15 is 0 Å². The minimum Gasteiger partial charge on any atom is -0.489 e. The maximum Gasteiger partial charge on any atom is 0.408 e.